The Hall–Kier alpha value is -1.50. The van der Waals surface area contributed by atoms with E-state index >= 15 is 0 Å². The van der Waals surface area contributed by atoms with E-state index in [0.717, 1.165) is 0 Å². The number of hydrogen-bond acceptors (Lipinski definition) is 4. The Morgan fingerprint density at radius 2 is 2.00 bits per heavy atom. The lowest BCUT2D eigenvalue weighted by atomic mass is 10.1. The number of nitrogens with one attached hydrogen (secondary N) is 1. The van der Waals surface area contributed by atoms with Crippen molar-refractivity contribution >= 4 is 33.6 Å². The van der Waals surface area contributed by atoms with Crippen molar-refractivity contribution in [2.45, 2.75) is 13.8 Å². The summed E-state index contributed by atoms with van der Waals surface area (Å²) in [5, 5.41) is 11.6. The standard InChI is InChI=1S/C11H12BrN3O3/c1-11(2)7(8(11)10(17)18)9(16)15-6-4-13-5(12)3-14-6/h3-4,7-8H,1-2H3,(H,17,18)(H,14,15,16)/t7-,8+/m1/s1. The molecule has 1 aromatic heterocycles. The van der Waals surface area contributed by atoms with Crippen molar-refractivity contribution in [2.75, 3.05) is 5.32 Å². The highest BCUT2D eigenvalue weighted by molar-refractivity contribution is 9.10. The maximum Gasteiger partial charge on any atom is 0.307 e. The molecule has 1 saturated carbocycles. The highest BCUT2D eigenvalue weighted by Gasteiger charge is 2.65. The molecule has 96 valence electrons. The molecular weight excluding hydrogens is 302 g/mol. The number of aromatic nitrogens is 2. The van der Waals surface area contributed by atoms with Gasteiger partial charge in [-0.05, 0) is 21.3 Å². The molecule has 1 heterocycles. The molecule has 0 unspecified atom stereocenters. The molecule has 2 rings (SSSR count). The first kappa shape index (κ1) is 12.9. The van der Waals surface area contributed by atoms with Crippen molar-refractivity contribution in [3.05, 3.63) is 17.0 Å². The van der Waals surface area contributed by atoms with E-state index < -0.39 is 23.2 Å². The molecule has 0 bridgehead atoms. The molecule has 1 aliphatic rings. The Balaban J connectivity index is 2.06. The van der Waals surface area contributed by atoms with E-state index in [1.807, 2.05) is 0 Å². The van der Waals surface area contributed by atoms with Gasteiger partial charge in [0.15, 0.2) is 5.82 Å². The van der Waals surface area contributed by atoms with Crippen LogP contribution in [0.15, 0.2) is 17.0 Å². The fraction of sp³-hybridized carbons (Fsp3) is 0.455. The third kappa shape index (κ3) is 2.22. The van der Waals surface area contributed by atoms with E-state index in [2.05, 4.69) is 31.2 Å². The van der Waals surface area contributed by atoms with Crippen molar-refractivity contribution in [2.24, 2.45) is 17.3 Å². The average molecular weight is 314 g/mol. The van der Waals surface area contributed by atoms with Crippen LogP contribution in [0.2, 0.25) is 0 Å². The smallest absolute Gasteiger partial charge is 0.307 e. The van der Waals surface area contributed by atoms with E-state index in [4.69, 9.17) is 5.11 Å². The number of carboxylic acid groups (broad SMARTS) is 1. The van der Waals surface area contributed by atoms with Crippen LogP contribution in [0.5, 0.6) is 0 Å². The van der Waals surface area contributed by atoms with Crippen LogP contribution in [0.1, 0.15) is 13.8 Å². The lowest BCUT2D eigenvalue weighted by Crippen LogP contribution is -2.18. The summed E-state index contributed by atoms with van der Waals surface area (Å²) in [6.45, 7) is 3.53. The second-order valence-electron chi connectivity index (χ2n) is 4.83. The van der Waals surface area contributed by atoms with Gasteiger partial charge in [0.05, 0.1) is 24.2 Å². The van der Waals surface area contributed by atoms with Gasteiger partial charge in [0.25, 0.3) is 0 Å². The summed E-state index contributed by atoms with van der Waals surface area (Å²) in [4.78, 5) is 30.8. The lowest BCUT2D eigenvalue weighted by molar-refractivity contribution is -0.140. The molecule has 0 radical (unpaired) electrons. The van der Waals surface area contributed by atoms with Gasteiger partial charge in [0.2, 0.25) is 5.91 Å². The number of nitrogens with zero attached hydrogens (tertiary/aromatic N) is 2. The van der Waals surface area contributed by atoms with Crippen molar-refractivity contribution < 1.29 is 14.7 Å². The minimum Gasteiger partial charge on any atom is -0.481 e. The molecule has 0 aromatic carbocycles. The van der Waals surface area contributed by atoms with Crippen LogP contribution < -0.4 is 5.32 Å². The van der Waals surface area contributed by atoms with Crippen molar-refractivity contribution in [3.8, 4) is 0 Å². The van der Waals surface area contributed by atoms with Gasteiger partial charge in [-0.25, -0.2) is 9.97 Å². The van der Waals surface area contributed by atoms with Crippen LogP contribution >= 0.6 is 15.9 Å². The predicted molar refractivity (Wildman–Crippen MR) is 66.8 cm³/mol. The van der Waals surface area contributed by atoms with Gasteiger partial charge in [-0.15, -0.1) is 0 Å². The van der Waals surface area contributed by atoms with Crippen molar-refractivity contribution in [1.82, 2.24) is 9.97 Å². The first-order valence-electron chi connectivity index (χ1n) is 5.35. The summed E-state index contributed by atoms with van der Waals surface area (Å²) in [6.07, 6.45) is 2.87. The Morgan fingerprint density at radius 1 is 1.33 bits per heavy atom. The van der Waals surface area contributed by atoms with Gasteiger partial charge < -0.3 is 10.4 Å². The zero-order valence-electron chi connectivity index (χ0n) is 9.85. The Bertz CT molecular complexity index is 501. The Labute approximate surface area is 112 Å². The number of hydrogen-bond donors (Lipinski definition) is 2. The number of amides is 1. The largest absolute Gasteiger partial charge is 0.481 e. The quantitative estimate of drug-likeness (QED) is 0.883. The molecule has 1 aromatic rings. The Kier molecular flexibility index (Phi) is 3.10. The van der Waals surface area contributed by atoms with Crippen LogP contribution in [0.4, 0.5) is 5.82 Å². The van der Waals surface area contributed by atoms with Crippen LogP contribution in [-0.2, 0) is 9.59 Å². The molecule has 1 fully saturated rings. The molecule has 2 N–H and O–H groups in total. The van der Waals surface area contributed by atoms with Crippen molar-refractivity contribution in [1.29, 1.82) is 0 Å². The van der Waals surface area contributed by atoms with Crippen molar-refractivity contribution in [3.63, 3.8) is 0 Å². The van der Waals surface area contributed by atoms with Gasteiger partial charge in [0.1, 0.15) is 4.60 Å². The van der Waals surface area contributed by atoms with Crippen LogP contribution in [0, 0.1) is 17.3 Å². The third-order valence-electron chi connectivity index (χ3n) is 3.25. The maximum absolute atomic E-state index is 11.9. The molecule has 2 atom stereocenters. The van der Waals surface area contributed by atoms with E-state index in [0.29, 0.717) is 10.4 Å². The monoisotopic (exact) mass is 313 g/mol. The minimum atomic E-state index is -0.943. The first-order chi connectivity index (χ1) is 8.34. The third-order valence-corrected chi connectivity index (χ3v) is 3.66. The number of aliphatic carboxylic acids is 1. The zero-order chi connectivity index (χ0) is 13.5. The summed E-state index contributed by atoms with van der Waals surface area (Å²) in [6, 6.07) is 0. The van der Waals surface area contributed by atoms with Gasteiger partial charge in [-0.1, -0.05) is 13.8 Å². The molecule has 7 heteroatoms. The van der Waals surface area contributed by atoms with Gasteiger partial charge >= 0.3 is 5.97 Å². The molecule has 0 spiro atoms. The summed E-state index contributed by atoms with van der Waals surface area (Å²) < 4.78 is 0.565. The summed E-state index contributed by atoms with van der Waals surface area (Å²) >= 11 is 3.14. The number of rotatable bonds is 3. The first-order valence-corrected chi connectivity index (χ1v) is 6.14. The molecule has 6 nitrogen and oxygen atoms in total. The fourth-order valence-corrected chi connectivity index (χ4v) is 2.37. The fourth-order valence-electron chi connectivity index (χ4n) is 2.17. The van der Waals surface area contributed by atoms with E-state index in [1.165, 1.54) is 12.4 Å². The molecule has 18 heavy (non-hydrogen) atoms. The Morgan fingerprint density at radius 3 is 2.44 bits per heavy atom. The molecule has 1 amide bonds. The molecule has 1 aliphatic carbocycles. The van der Waals surface area contributed by atoms with Gasteiger partial charge in [-0.2, -0.15) is 0 Å². The maximum atomic E-state index is 11.9. The topological polar surface area (TPSA) is 92.2 Å². The van der Waals surface area contributed by atoms with Gasteiger partial charge in [-0.3, -0.25) is 9.59 Å². The molecule has 0 aliphatic heterocycles. The van der Waals surface area contributed by atoms with Crippen LogP contribution in [0.3, 0.4) is 0 Å². The second kappa shape index (κ2) is 4.31. The highest BCUT2D eigenvalue weighted by atomic mass is 79.9. The number of anilines is 1. The second-order valence-corrected chi connectivity index (χ2v) is 5.64. The summed E-state index contributed by atoms with van der Waals surface area (Å²) in [5.41, 5.74) is -0.515. The molecule has 0 saturated heterocycles. The number of carbonyl (C=O) groups is 2. The van der Waals surface area contributed by atoms with E-state index in [1.54, 1.807) is 13.8 Å². The van der Waals surface area contributed by atoms with E-state index in [9.17, 15) is 9.59 Å². The zero-order valence-corrected chi connectivity index (χ0v) is 11.4. The minimum absolute atomic E-state index is 0.315. The summed E-state index contributed by atoms with van der Waals surface area (Å²) in [5.74, 6) is -2.12. The van der Waals surface area contributed by atoms with E-state index in [-0.39, 0.29) is 5.91 Å². The highest BCUT2D eigenvalue weighted by Crippen LogP contribution is 2.58. The number of halogens is 1. The predicted octanol–water partition coefficient (Wildman–Crippen LogP) is 1.53. The lowest BCUT2D eigenvalue weighted by Gasteiger charge is -2.04. The van der Waals surface area contributed by atoms with Crippen LogP contribution in [-0.4, -0.2) is 27.0 Å². The summed E-state index contributed by atoms with van der Waals surface area (Å²) in [7, 11) is 0. The van der Waals surface area contributed by atoms with Gasteiger partial charge in [0, 0.05) is 0 Å². The molecular formula is C11H12BrN3O3. The average Bonchev–Trinajstić information content (AvgIpc) is 2.85. The van der Waals surface area contributed by atoms with Crippen LogP contribution in [0.25, 0.3) is 0 Å². The normalized spacial score (nSPS) is 24.4. The number of carbonyl (C=O) groups excluding carboxylic acids is 1. The SMILES string of the molecule is CC1(C)[C@H](C(=O)O)[C@@H]1C(=O)Nc1cnc(Br)cn1. The number of carboxylic acids is 1.